The first-order chi connectivity index (χ1) is 24.1. The molecule has 4 aromatic carbocycles. The van der Waals surface area contributed by atoms with Crippen LogP contribution in [0.25, 0.3) is 0 Å². The number of methoxy groups -OCH3 is 3. The molecule has 1 aliphatic heterocycles. The third-order valence-corrected chi connectivity index (χ3v) is 8.39. The van der Waals surface area contributed by atoms with E-state index in [2.05, 4.69) is 0 Å². The van der Waals surface area contributed by atoms with E-state index in [4.69, 9.17) is 28.4 Å². The second kappa shape index (κ2) is 15.9. The van der Waals surface area contributed by atoms with E-state index in [9.17, 15) is 24.5 Å². The van der Waals surface area contributed by atoms with Crippen molar-refractivity contribution in [1.82, 2.24) is 4.90 Å². The van der Waals surface area contributed by atoms with Crippen molar-refractivity contribution in [2.75, 3.05) is 21.3 Å². The monoisotopic (exact) mass is 684 g/mol. The van der Waals surface area contributed by atoms with E-state index in [1.807, 2.05) is 24.3 Å². The van der Waals surface area contributed by atoms with E-state index in [0.29, 0.717) is 39.5 Å². The Morgan fingerprint density at radius 2 is 1.16 bits per heavy atom. The summed E-state index contributed by atoms with van der Waals surface area (Å²) in [5.41, 5.74) is 2.49. The van der Waals surface area contributed by atoms with Crippen molar-refractivity contribution >= 4 is 23.7 Å². The van der Waals surface area contributed by atoms with E-state index in [0.717, 1.165) is 0 Å². The van der Waals surface area contributed by atoms with Crippen molar-refractivity contribution in [3.63, 3.8) is 0 Å². The van der Waals surface area contributed by atoms with Crippen molar-refractivity contribution in [3.8, 4) is 17.2 Å². The fourth-order valence-corrected chi connectivity index (χ4v) is 5.70. The predicted octanol–water partition coefficient (Wildman–Crippen LogP) is 6.02. The van der Waals surface area contributed by atoms with Crippen molar-refractivity contribution in [1.29, 1.82) is 0 Å². The van der Waals surface area contributed by atoms with Gasteiger partial charge in [0.15, 0.2) is 0 Å². The van der Waals surface area contributed by atoms with Gasteiger partial charge in [-0.15, -0.1) is 0 Å². The highest BCUT2D eigenvalue weighted by molar-refractivity contribution is 5.98. The predicted molar refractivity (Wildman–Crippen MR) is 179 cm³/mol. The van der Waals surface area contributed by atoms with Crippen LogP contribution in [0.3, 0.4) is 0 Å². The van der Waals surface area contributed by atoms with Crippen molar-refractivity contribution in [3.05, 3.63) is 129 Å². The lowest BCUT2D eigenvalue weighted by atomic mass is 9.79. The molecule has 13 nitrogen and oxygen atoms in total. The number of likely N-dealkylation sites (tertiary alicyclic amines) is 1. The first kappa shape index (κ1) is 35.2. The minimum Gasteiger partial charge on any atom is -0.497 e. The second-order valence-electron chi connectivity index (χ2n) is 11.4. The summed E-state index contributed by atoms with van der Waals surface area (Å²) in [5, 5.41) is 10.9. The molecule has 4 aromatic rings. The van der Waals surface area contributed by atoms with Gasteiger partial charge in [-0.05, 0) is 77.7 Å². The number of nitro benzene ring substituents is 1. The van der Waals surface area contributed by atoms with Crippen molar-refractivity contribution < 1.29 is 47.7 Å². The van der Waals surface area contributed by atoms with Crippen molar-refractivity contribution in [2.24, 2.45) is 5.92 Å². The quantitative estimate of drug-likeness (QED) is 0.0663. The number of ether oxygens (including phenoxy) is 6. The Hall–Kier alpha value is -6.11. The first-order valence-electron chi connectivity index (χ1n) is 15.6. The van der Waals surface area contributed by atoms with E-state index in [1.165, 1.54) is 36.1 Å². The van der Waals surface area contributed by atoms with Gasteiger partial charge >= 0.3 is 12.1 Å². The lowest BCUT2D eigenvalue weighted by molar-refractivity contribution is -0.384. The van der Waals surface area contributed by atoms with Gasteiger partial charge in [0.25, 0.3) is 5.69 Å². The summed E-state index contributed by atoms with van der Waals surface area (Å²) in [6.45, 7) is 1.21. The van der Waals surface area contributed by atoms with E-state index in [-0.39, 0.29) is 18.9 Å². The molecule has 1 heterocycles. The standard InChI is InChI=1S/C37H36N2O11/c1-23(50-37(42)49-22-24-5-13-28(14-6-24)39(43)44)32-34(36(41)48-21-25-7-15-29(45-2)16-8-25)38(35(32)40)33(26-9-17-30(46-3)18-10-26)27-11-19-31(47-4)20-12-27/h5-20,23,32-34H,21-22H2,1-4H3. The van der Waals surface area contributed by atoms with Crippen LogP contribution in [-0.4, -0.2) is 61.3 Å². The molecule has 1 fully saturated rings. The minimum absolute atomic E-state index is 0.0731. The van der Waals surface area contributed by atoms with Gasteiger partial charge in [0.05, 0.1) is 32.3 Å². The number of carbonyl (C=O) groups excluding carboxylic acids is 3. The Kier molecular flexibility index (Phi) is 11.2. The molecule has 0 N–H and O–H groups in total. The Morgan fingerprint density at radius 1 is 0.720 bits per heavy atom. The molecular formula is C37H36N2O11. The van der Waals surface area contributed by atoms with Crippen LogP contribution >= 0.6 is 0 Å². The van der Waals surface area contributed by atoms with Crippen LogP contribution in [0.5, 0.6) is 17.2 Å². The maximum Gasteiger partial charge on any atom is 0.508 e. The van der Waals surface area contributed by atoms with Gasteiger partial charge < -0.3 is 33.3 Å². The molecule has 0 aliphatic carbocycles. The second-order valence-corrected chi connectivity index (χ2v) is 11.4. The number of non-ortho nitro benzene ring substituents is 1. The summed E-state index contributed by atoms with van der Waals surface area (Å²) in [5.74, 6) is -0.358. The lowest BCUT2D eigenvalue weighted by Crippen LogP contribution is -2.68. The Balaban J connectivity index is 1.40. The van der Waals surface area contributed by atoms with Crippen LogP contribution in [0.2, 0.25) is 0 Å². The lowest BCUT2D eigenvalue weighted by Gasteiger charge is -2.50. The summed E-state index contributed by atoms with van der Waals surface area (Å²) in [6, 6.07) is 24.9. The van der Waals surface area contributed by atoms with Crippen LogP contribution in [-0.2, 0) is 37.0 Å². The molecule has 260 valence electrons. The van der Waals surface area contributed by atoms with Gasteiger partial charge in [0, 0.05) is 12.1 Å². The number of amides is 1. The highest BCUT2D eigenvalue weighted by Gasteiger charge is 2.58. The van der Waals surface area contributed by atoms with Gasteiger partial charge in [-0.2, -0.15) is 0 Å². The van der Waals surface area contributed by atoms with E-state index >= 15 is 0 Å². The fraction of sp³-hybridized carbons (Fsp3) is 0.270. The number of nitrogens with zero attached hydrogens (tertiary/aromatic N) is 2. The molecule has 1 saturated heterocycles. The Bertz CT molecular complexity index is 1750. The molecule has 5 rings (SSSR count). The summed E-state index contributed by atoms with van der Waals surface area (Å²) in [4.78, 5) is 52.6. The largest absolute Gasteiger partial charge is 0.508 e. The number of benzene rings is 4. The van der Waals surface area contributed by atoms with Gasteiger partial charge in [-0.25, -0.2) is 9.59 Å². The number of rotatable bonds is 14. The number of carbonyl (C=O) groups is 3. The highest BCUT2D eigenvalue weighted by Crippen LogP contribution is 2.43. The maximum atomic E-state index is 14.1. The average Bonchev–Trinajstić information content (AvgIpc) is 3.14. The van der Waals surface area contributed by atoms with Gasteiger partial charge in [0.2, 0.25) is 5.91 Å². The molecule has 0 saturated carbocycles. The molecule has 0 spiro atoms. The van der Waals surface area contributed by atoms with E-state index in [1.54, 1.807) is 69.9 Å². The fourth-order valence-electron chi connectivity index (χ4n) is 5.70. The third-order valence-electron chi connectivity index (χ3n) is 8.39. The zero-order valence-corrected chi connectivity index (χ0v) is 27.8. The summed E-state index contributed by atoms with van der Waals surface area (Å²) in [7, 11) is 4.65. The molecule has 1 aliphatic rings. The van der Waals surface area contributed by atoms with Gasteiger partial charge in [-0.3, -0.25) is 14.9 Å². The Morgan fingerprint density at radius 3 is 1.62 bits per heavy atom. The van der Waals surface area contributed by atoms with Crippen LogP contribution in [0.15, 0.2) is 97.1 Å². The molecular weight excluding hydrogens is 648 g/mol. The zero-order valence-electron chi connectivity index (χ0n) is 27.8. The number of hydrogen-bond donors (Lipinski definition) is 0. The first-order valence-corrected chi connectivity index (χ1v) is 15.6. The molecule has 1 amide bonds. The number of hydrogen-bond acceptors (Lipinski definition) is 11. The molecule has 3 atom stereocenters. The SMILES string of the molecule is COc1ccc(COC(=O)C2C(C(C)OC(=O)OCc3ccc([N+](=O)[O-])cc3)C(=O)N2C(c2ccc(OC)cc2)c2ccc(OC)cc2)cc1. The Labute approximate surface area is 288 Å². The average molecular weight is 685 g/mol. The number of β-lactam (4-membered cyclic amide) rings is 1. The van der Waals surface area contributed by atoms with Gasteiger partial charge in [-0.1, -0.05) is 36.4 Å². The summed E-state index contributed by atoms with van der Waals surface area (Å²) in [6.07, 6.45) is -2.16. The zero-order chi connectivity index (χ0) is 35.8. The minimum atomic E-state index is -1.15. The van der Waals surface area contributed by atoms with Crippen molar-refractivity contribution in [2.45, 2.75) is 38.3 Å². The molecule has 0 radical (unpaired) electrons. The maximum absolute atomic E-state index is 14.1. The topological polar surface area (TPSA) is 153 Å². The summed E-state index contributed by atoms with van der Waals surface area (Å²) < 4.78 is 32.4. The molecule has 0 aromatic heterocycles. The molecule has 13 heteroatoms. The summed E-state index contributed by atoms with van der Waals surface area (Å²) >= 11 is 0. The number of esters is 1. The van der Waals surface area contributed by atoms with Gasteiger partial charge in [0.1, 0.15) is 48.5 Å². The van der Waals surface area contributed by atoms with Crippen LogP contribution in [0, 0.1) is 16.0 Å². The van der Waals surface area contributed by atoms with Crippen LogP contribution in [0.4, 0.5) is 10.5 Å². The highest BCUT2D eigenvalue weighted by atomic mass is 16.7. The molecule has 50 heavy (non-hydrogen) atoms. The van der Waals surface area contributed by atoms with Crippen LogP contribution in [0.1, 0.15) is 35.2 Å². The smallest absolute Gasteiger partial charge is 0.497 e. The third kappa shape index (κ3) is 7.95. The van der Waals surface area contributed by atoms with Crippen LogP contribution < -0.4 is 14.2 Å². The van der Waals surface area contributed by atoms with E-state index < -0.39 is 47.1 Å². The molecule has 3 unspecified atom stereocenters. The number of nitro groups is 1. The normalized spacial score (nSPS) is 15.8. The molecule has 0 bridgehead atoms.